The van der Waals surface area contributed by atoms with Crippen molar-refractivity contribution in [2.24, 2.45) is 23.7 Å². The lowest BCUT2D eigenvalue weighted by Gasteiger charge is -2.37. The second kappa shape index (κ2) is 7.72. The summed E-state index contributed by atoms with van der Waals surface area (Å²) in [5, 5.41) is 0. The molecule has 5 atom stereocenters. The fourth-order valence-corrected chi connectivity index (χ4v) is 4.67. The molecule has 0 N–H and O–H groups in total. The second-order valence-corrected chi connectivity index (χ2v) is 8.30. The quantitative estimate of drug-likeness (QED) is 0.585. The Bertz CT molecular complexity index is 607. The lowest BCUT2D eigenvalue weighted by Crippen LogP contribution is -2.38. The maximum atomic E-state index is 12.9. The van der Waals surface area contributed by atoms with Crippen LogP contribution in [0.5, 0.6) is 0 Å². The maximum Gasteiger partial charge on any atom is 0.317 e. The van der Waals surface area contributed by atoms with E-state index in [1.807, 2.05) is 30.3 Å². The molecule has 0 aromatic heterocycles. The van der Waals surface area contributed by atoms with Crippen LogP contribution in [0.15, 0.2) is 30.3 Å². The van der Waals surface area contributed by atoms with E-state index in [9.17, 15) is 9.59 Å². The zero-order valence-electron chi connectivity index (χ0n) is 15.6. The SMILES string of the molecule is CC(C)[C@@H]1CC[C@@H](C)C[C@H]1OC(=O)C1C(=O)CC[C@@H]1c1ccccc1. The number of esters is 1. The van der Waals surface area contributed by atoms with Crippen LogP contribution >= 0.6 is 0 Å². The number of hydrogen-bond acceptors (Lipinski definition) is 3. The van der Waals surface area contributed by atoms with Gasteiger partial charge in [-0.2, -0.15) is 0 Å². The summed E-state index contributed by atoms with van der Waals surface area (Å²) >= 11 is 0. The van der Waals surface area contributed by atoms with E-state index in [0.717, 1.165) is 24.8 Å². The lowest BCUT2D eigenvalue weighted by atomic mass is 9.75. The van der Waals surface area contributed by atoms with E-state index in [4.69, 9.17) is 4.74 Å². The molecule has 0 aliphatic heterocycles. The molecule has 1 aromatic rings. The zero-order chi connectivity index (χ0) is 18.0. The van der Waals surface area contributed by atoms with Crippen molar-refractivity contribution >= 4 is 11.8 Å². The van der Waals surface area contributed by atoms with E-state index in [1.54, 1.807) is 0 Å². The number of ketones is 1. The molecular weight excluding hydrogens is 312 g/mol. The van der Waals surface area contributed by atoms with Gasteiger partial charge in [0.15, 0.2) is 0 Å². The van der Waals surface area contributed by atoms with Gasteiger partial charge in [-0.25, -0.2) is 0 Å². The van der Waals surface area contributed by atoms with Gasteiger partial charge in [-0.1, -0.05) is 57.5 Å². The van der Waals surface area contributed by atoms with Gasteiger partial charge in [0.1, 0.15) is 17.8 Å². The summed E-state index contributed by atoms with van der Waals surface area (Å²) < 4.78 is 5.98. The molecule has 136 valence electrons. The summed E-state index contributed by atoms with van der Waals surface area (Å²) in [6.45, 7) is 6.63. The molecule has 2 saturated carbocycles. The highest BCUT2D eigenvalue weighted by Crippen LogP contribution is 2.40. The first-order valence-corrected chi connectivity index (χ1v) is 9.75. The van der Waals surface area contributed by atoms with Crippen LogP contribution in [0.1, 0.15) is 64.4 Å². The van der Waals surface area contributed by atoms with E-state index < -0.39 is 5.92 Å². The van der Waals surface area contributed by atoms with Gasteiger partial charge >= 0.3 is 5.97 Å². The highest BCUT2D eigenvalue weighted by atomic mass is 16.5. The molecule has 2 aliphatic carbocycles. The Balaban J connectivity index is 1.75. The number of Topliss-reactive ketones (excluding diaryl/α,β-unsaturated/α-hetero) is 1. The third-order valence-corrected chi connectivity index (χ3v) is 6.16. The number of carbonyl (C=O) groups excluding carboxylic acids is 2. The Hall–Kier alpha value is -1.64. The molecule has 0 spiro atoms. The minimum atomic E-state index is -0.618. The third kappa shape index (κ3) is 3.96. The van der Waals surface area contributed by atoms with Crippen molar-refractivity contribution in [3.63, 3.8) is 0 Å². The Morgan fingerprint density at radius 1 is 1.12 bits per heavy atom. The fraction of sp³-hybridized carbons (Fsp3) is 0.636. The molecule has 3 rings (SSSR count). The van der Waals surface area contributed by atoms with Crippen LogP contribution in [-0.2, 0) is 14.3 Å². The first kappa shape index (κ1) is 18.2. The maximum absolute atomic E-state index is 12.9. The molecule has 2 aliphatic rings. The van der Waals surface area contributed by atoms with Crippen molar-refractivity contribution in [2.45, 2.75) is 64.9 Å². The number of carbonyl (C=O) groups is 2. The fourth-order valence-electron chi connectivity index (χ4n) is 4.67. The van der Waals surface area contributed by atoms with Gasteiger partial charge in [-0.05, 0) is 42.6 Å². The summed E-state index contributed by atoms with van der Waals surface area (Å²) in [5.41, 5.74) is 1.08. The summed E-state index contributed by atoms with van der Waals surface area (Å²) in [6, 6.07) is 9.94. The highest BCUT2D eigenvalue weighted by molar-refractivity contribution is 6.01. The molecular formula is C22H30O3. The van der Waals surface area contributed by atoms with Crippen LogP contribution in [0.25, 0.3) is 0 Å². The Kier molecular flexibility index (Phi) is 5.61. The van der Waals surface area contributed by atoms with Crippen molar-refractivity contribution in [3.05, 3.63) is 35.9 Å². The van der Waals surface area contributed by atoms with Crippen molar-refractivity contribution < 1.29 is 14.3 Å². The van der Waals surface area contributed by atoms with Gasteiger partial charge in [0, 0.05) is 12.3 Å². The summed E-state index contributed by atoms with van der Waals surface area (Å²) in [7, 11) is 0. The van der Waals surface area contributed by atoms with Crippen molar-refractivity contribution in [2.75, 3.05) is 0 Å². The number of hydrogen-bond donors (Lipinski definition) is 0. The summed E-state index contributed by atoms with van der Waals surface area (Å²) in [4.78, 5) is 25.4. The molecule has 0 radical (unpaired) electrons. The van der Waals surface area contributed by atoms with Crippen LogP contribution < -0.4 is 0 Å². The predicted octanol–water partition coefficient (Wildman–Crippen LogP) is 4.75. The minimum Gasteiger partial charge on any atom is -0.462 e. The third-order valence-electron chi connectivity index (χ3n) is 6.16. The molecule has 3 heteroatoms. The van der Waals surface area contributed by atoms with Crippen LogP contribution in [0.2, 0.25) is 0 Å². The molecule has 0 heterocycles. The molecule has 1 unspecified atom stereocenters. The smallest absolute Gasteiger partial charge is 0.317 e. The average molecular weight is 342 g/mol. The predicted molar refractivity (Wildman–Crippen MR) is 98.1 cm³/mol. The Morgan fingerprint density at radius 3 is 2.52 bits per heavy atom. The van der Waals surface area contributed by atoms with Crippen LogP contribution in [0.3, 0.4) is 0 Å². The standard InChI is InChI=1S/C22H30O3/c1-14(2)17-10-9-15(3)13-20(17)25-22(24)21-18(11-12-19(21)23)16-7-5-4-6-8-16/h4-8,14-15,17-18,20-21H,9-13H2,1-3H3/t15-,17+,18-,20-,21?/m1/s1. The first-order valence-electron chi connectivity index (χ1n) is 9.75. The van der Waals surface area contributed by atoms with E-state index >= 15 is 0 Å². The molecule has 0 bridgehead atoms. The van der Waals surface area contributed by atoms with Crippen LogP contribution in [0, 0.1) is 23.7 Å². The lowest BCUT2D eigenvalue weighted by molar-refractivity contribution is -0.162. The topological polar surface area (TPSA) is 43.4 Å². The largest absolute Gasteiger partial charge is 0.462 e. The van der Waals surface area contributed by atoms with Crippen LogP contribution in [-0.4, -0.2) is 17.9 Å². The minimum absolute atomic E-state index is 0.0280. The normalized spacial score (nSPS) is 32.8. The average Bonchev–Trinajstić information content (AvgIpc) is 2.97. The molecule has 0 amide bonds. The summed E-state index contributed by atoms with van der Waals surface area (Å²) in [5.74, 6) is 0.593. The number of benzene rings is 1. The zero-order valence-corrected chi connectivity index (χ0v) is 15.6. The molecule has 25 heavy (non-hydrogen) atoms. The number of ether oxygens (including phenoxy) is 1. The molecule has 3 nitrogen and oxygen atoms in total. The molecule has 1 aromatic carbocycles. The van der Waals surface area contributed by atoms with E-state index in [-0.39, 0.29) is 23.8 Å². The van der Waals surface area contributed by atoms with E-state index in [2.05, 4.69) is 20.8 Å². The Labute approximate surface area is 151 Å². The Morgan fingerprint density at radius 2 is 1.84 bits per heavy atom. The first-order chi connectivity index (χ1) is 12.0. The van der Waals surface area contributed by atoms with Gasteiger partial charge in [0.2, 0.25) is 0 Å². The van der Waals surface area contributed by atoms with E-state index in [0.29, 0.717) is 24.2 Å². The molecule has 2 fully saturated rings. The second-order valence-electron chi connectivity index (χ2n) is 8.30. The van der Waals surface area contributed by atoms with Gasteiger partial charge in [0.25, 0.3) is 0 Å². The van der Waals surface area contributed by atoms with Gasteiger partial charge in [-0.3, -0.25) is 9.59 Å². The summed E-state index contributed by atoms with van der Waals surface area (Å²) in [6.07, 6.45) is 4.42. The van der Waals surface area contributed by atoms with Crippen molar-refractivity contribution in [1.29, 1.82) is 0 Å². The van der Waals surface area contributed by atoms with Crippen LogP contribution in [0.4, 0.5) is 0 Å². The van der Waals surface area contributed by atoms with Gasteiger partial charge < -0.3 is 4.74 Å². The molecule has 0 saturated heterocycles. The number of rotatable bonds is 4. The van der Waals surface area contributed by atoms with E-state index in [1.165, 1.54) is 6.42 Å². The van der Waals surface area contributed by atoms with Crippen molar-refractivity contribution in [3.8, 4) is 0 Å². The van der Waals surface area contributed by atoms with Gasteiger partial charge in [0.05, 0.1) is 0 Å². The van der Waals surface area contributed by atoms with Crippen molar-refractivity contribution in [1.82, 2.24) is 0 Å². The highest BCUT2D eigenvalue weighted by Gasteiger charge is 2.44. The monoisotopic (exact) mass is 342 g/mol. The van der Waals surface area contributed by atoms with Gasteiger partial charge in [-0.15, -0.1) is 0 Å².